The fraction of sp³-hybridized carbons (Fsp3) is 0.533. The van der Waals surface area contributed by atoms with E-state index in [2.05, 4.69) is 0 Å². The number of nitrogen functional groups attached to an aromatic ring is 1. The number of aliphatic hydroxyl groups is 4. The smallest absolute Gasteiger partial charge is 0.229 e. The Balaban J connectivity index is 0.00000112. The second-order valence-electron chi connectivity index (χ2n) is 4.62. The van der Waals surface area contributed by atoms with Crippen molar-refractivity contribution in [2.45, 2.75) is 45.1 Å². The number of nitrogens with two attached hydrogens (primary N) is 1. The van der Waals surface area contributed by atoms with Crippen LogP contribution in [0.4, 0.5) is 5.69 Å². The number of carbonyl (C=O) groups is 1. The Hall–Kier alpha value is -1.71. The maximum Gasteiger partial charge on any atom is 0.229 e. The van der Waals surface area contributed by atoms with Crippen LogP contribution in [0.1, 0.15) is 14.4 Å². The van der Waals surface area contributed by atoms with Crippen molar-refractivity contribution in [1.82, 2.24) is 0 Å². The van der Waals surface area contributed by atoms with Gasteiger partial charge in [0.25, 0.3) is 0 Å². The van der Waals surface area contributed by atoms with E-state index in [1.807, 2.05) is 0 Å². The van der Waals surface area contributed by atoms with Crippen LogP contribution in [-0.2, 0) is 9.53 Å². The van der Waals surface area contributed by atoms with Crippen LogP contribution in [0.15, 0.2) is 24.3 Å². The zero-order chi connectivity index (χ0) is 16.7. The molecule has 6 N–H and O–H groups in total. The molecule has 1 aliphatic heterocycles. The van der Waals surface area contributed by atoms with Gasteiger partial charge >= 0.3 is 0 Å². The monoisotopic (exact) mass is 331 g/mol. The summed E-state index contributed by atoms with van der Waals surface area (Å²) in [6, 6.07) is 6.38. The van der Waals surface area contributed by atoms with E-state index in [4.69, 9.17) is 25.1 Å². The molecule has 0 aliphatic carbocycles. The van der Waals surface area contributed by atoms with Crippen LogP contribution in [0.5, 0.6) is 5.75 Å². The summed E-state index contributed by atoms with van der Waals surface area (Å²) >= 11 is 0. The van der Waals surface area contributed by atoms with Gasteiger partial charge in [-0.05, 0) is 31.2 Å². The Kier molecular flexibility index (Phi) is 9.38. The third-order valence-electron chi connectivity index (χ3n) is 2.98. The van der Waals surface area contributed by atoms with Gasteiger partial charge in [-0.1, -0.05) is 7.43 Å². The summed E-state index contributed by atoms with van der Waals surface area (Å²) in [5.74, 6) is 0.388. The standard InChI is InChI=1S/C12H17NO6.C2H4O.CH4/c13-6-1-3-7(4-2-6)18-12-11(17)10(16)9(15)8(5-14)19-12;1-2-3;/h1-4,8-12,14-17H,5,13H2;2H,1H3;1H4/t8?,9-,10+,11?,12+;;/m1../s1. The van der Waals surface area contributed by atoms with Crippen LogP contribution < -0.4 is 10.5 Å². The van der Waals surface area contributed by atoms with Gasteiger partial charge < -0.3 is 40.4 Å². The first-order valence-corrected chi connectivity index (χ1v) is 6.67. The van der Waals surface area contributed by atoms with Gasteiger partial charge in [-0.2, -0.15) is 0 Å². The summed E-state index contributed by atoms with van der Waals surface area (Å²) in [7, 11) is 0. The van der Waals surface area contributed by atoms with E-state index >= 15 is 0 Å². The minimum absolute atomic E-state index is 0. The SMILES string of the molecule is C.CC=O.Nc1ccc(O[C@H]2OC(CO)[C@@H](O)[C@H](O)C2O)cc1. The normalized spacial score (nSPS) is 29.5. The second kappa shape index (κ2) is 10.1. The summed E-state index contributed by atoms with van der Waals surface area (Å²) in [6.45, 7) is 0.951. The van der Waals surface area contributed by atoms with E-state index in [1.54, 1.807) is 24.3 Å². The maximum absolute atomic E-state index is 9.77. The minimum Gasteiger partial charge on any atom is -0.462 e. The molecule has 0 radical (unpaired) electrons. The summed E-state index contributed by atoms with van der Waals surface area (Å²) < 4.78 is 10.6. The predicted octanol–water partition coefficient (Wildman–Crippen LogP) is -0.711. The first-order valence-electron chi connectivity index (χ1n) is 6.67. The van der Waals surface area contributed by atoms with E-state index in [0.29, 0.717) is 11.4 Å². The molecule has 2 rings (SSSR count). The van der Waals surface area contributed by atoms with Crippen molar-refractivity contribution < 1.29 is 34.7 Å². The van der Waals surface area contributed by atoms with Crippen LogP contribution in [0.25, 0.3) is 0 Å². The van der Waals surface area contributed by atoms with Crippen molar-refractivity contribution in [2.75, 3.05) is 12.3 Å². The summed E-state index contributed by atoms with van der Waals surface area (Å²) in [5, 5.41) is 38.0. The average Bonchev–Trinajstić information content (AvgIpc) is 2.51. The lowest BCUT2D eigenvalue weighted by Crippen LogP contribution is -2.60. The molecule has 132 valence electrons. The first kappa shape index (κ1) is 21.3. The number of rotatable bonds is 3. The maximum atomic E-state index is 9.77. The van der Waals surface area contributed by atoms with Gasteiger partial charge in [0.15, 0.2) is 0 Å². The number of hydrogen-bond donors (Lipinski definition) is 5. The molecule has 2 unspecified atom stereocenters. The Morgan fingerprint density at radius 1 is 1.17 bits per heavy atom. The fourth-order valence-corrected chi connectivity index (χ4v) is 1.85. The molecule has 1 aromatic rings. The summed E-state index contributed by atoms with van der Waals surface area (Å²) in [4.78, 5) is 8.81. The summed E-state index contributed by atoms with van der Waals surface area (Å²) in [5.41, 5.74) is 6.09. The molecule has 1 saturated heterocycles. The quantitative estimate of drug-likeness (QED) is 0.361. The zero-order valence-corrected chi connectivity index (χ0v) is 12.1. The molecular weight excluding hydrogens is 306 g/mol. The number of aliphatic hydroxyl groups excluding tert-OH is 4. The number of carbonyl (C=O) groups excluding carboxylic acids is 1. The molecule has 1 aliphatic rings. The van der Waals surface area contributed by atoms with Gasteiger partial charge in [0, 0.05) is 5.69 Å². The van der Waals surface area contributed by atoms with Crippen molar-refractivity contribution in [3.8, 4) is 5.75 Å². The Morgan fingerprint density at radius 3 is 2.17 bits per heavy atom. The van der Waals surface area contributed by atoms with Gasteiger partial charge in [-0.3, -0.25) is 0 Å². The topological polar surface area (TPSA) is 142 Å². The Morgan fingerprint density at radius 2 is 1.70 bits per heavy atom. The number of benzene rings is 1. The van der Waals surface area contributed by atoms with E-state index in [1.165, 1.54) is 6.92 Å². The largest absolute Gasteiger partial charge is 0.462 e. The average molecular weight is 331 g/mol. The van der Waals surface area contributed by atoms with Crippen LogP contribution in [0.3, 0.4) is 0 Å². The summed E-state index contributed by atoms with van der Waals surface area (Å²) in [6.07, 6.45) is -5.69. The Bertz CT molecular complexity index is 452. The third-order valence-corrected chi connectivity index (χ3v) is 2.98. The van der Waals surface area contributed by atoms with Crippen LogP contribution in [0.2, 0.25) is 0 Å². The van der Waals surface area contributed by atoms with Crippen LogP contribution in [-0.4, -0.2) is 64.0 Å². The number of aldehydes is 1. The highest BCUT2D eigenvalue weighted by molar-refractivity contribution is 5.44. The van der Waals surface area contributed by atoms with Gasteiger partial charge in [0.1, 0.15) is 36.5 Å². The van der Waals surface area contributed by atoms with Crippen molar-refractivity contribution in [2.24, 2.45) is 0 Å². The molecule has 8 heteroatoms. The number of hydrogen-bond acceptors (Lipinski definition) is 8. The van der Waals surface area contributed by atoms with E-state index in [-0.39, 0.29) is 7.43 Å². The molecule has 0 spiro atoms. The molecule has 0 saturated carbocycles. The van der Waals surface area contributed by atoms with Crippen molar-refractivity contribution in [3.63, 3.8) is 0 Å². The minimum atomic E-state index is -1.45. The van der Waals surface area contributed by atoms with Crippen molar-refractivity contribution in [3.05, 3.63) is 24.3 Å². The lowest BCUT2D eigenvalue weighted by molar-refractivity contribution is -0.277. The Labute approximate surface area is 135 Å². The molecule has 23 heavy (non-hydrogen) atoms. The zero-order valence-electron chi connectivity index (χ0n) is 12.1. The molecule has 1 fully saturated rings. The van der Waals surface area contributed by atoms with Crippen LogP contribution in [0, 0.1) is 0 Å². The van der Waals surface area contributed by atoms with E-state index in [9.17, 15) is 15.3 Å². The molecule has 1 heterocycles. The van der Waals surface area contributed by atoms with Gasteiger partial charge in [-0.15, -0.1) is 0 Å². The second-order valence-corrected chi connectivity index (χ2v) is 4.62. The van der Waals surface area contributed by atoms with Gasteiger partial charge in [0.05, 0.1) is 6.61 Å². The number of anilines is 1. The molecule has 0 amide bonds. The van der Waals surface area contributed by atoms with E-state index in [0.717, 1.165) is 6.29 Å². The predicted molar refractivity (Wildman–Crippen MR) is 83.7 cm³/mol. The highest BCUT2D eigenvalue weighted by Gasteiger charge is 2.44. The molecule has 0 aromatic heterocycles. The molecule has 5 atom stereocenters. The first-order chi connectivity index (χ1) is 10.4. The van der Waals surface area contributed by atoms with Crippen molar-refractivity contribution >= 4 is 12.0 Å². The lowest BCUT2D eigenvalue weighted by Gasteiger charge is -2.39. The fourth-order valence-electron chi connectivity index (χ4n) is 1.85. The van der Waals surface area contributed by atoms with Crippen LogP contribution >= 0.6 is 0 Å². The highest BCUT2D eigenvalue weighted by atomic mass is 16.7. The lowest BCUT2D eigenvalue weighted by atomic mass is 9.99. The third kappa shape index (κ3) is 5.77. The molecule has 0 bridgehead atoms. The number of ether oxygens (including phenoxy) is 2. The molecule has 8 nitrogen and oxygen atoms in total. The highest BCUT2D eigenvalue weighted by Crippen LogP contribution is 2.24. The van der Waals surface area contributed by atoms with Crippen molar-refractivity contribution in [1.29, 1.82) is 0 Å². The molecule has 1 aromatic carbocycles. The van der Waals surface area contributed by atoms with Gasteiger partial charge in [0.2, 0.25) is 6.29 Å². The molecular formula is C15H25NO7. The van der Waals surface area contributed by atoms with E-state index < -0.39 is 37.3 Å². The van der Waals surface area contributed by atoms with Gasteiger partial charge in [-0.25, -0.2) is 0 Å².